The number of hydrogen-bond acceptors (Lipinski definition) is 3. The smallest absolute Gasteiger partial charge is 0.253 e. The van der Waals surface area contributed by atoms with Crippen LogP contribution in [0.5, 0.6) is 5.75 Å². The molecule has 6 heteroatoms. The Hall–Kier alpha value is -3.02. The highest BCUT2D eigenvalue weighted by Crippen LogP contribution is 2.11. The zero-order valence-corrected chi connectivity index (χ0v) is 17.9. The maximum Gasteiger partial charge on any atom is 0.253 e. The SMILES string of the molecule is CCN(CC)C(=O)c1ccc(CNC(=NC)NCCc2ccc(OC)cc2)cc1. The predicted molar refractivity (Wildman–Crippen MR) is 119 cm³/mol. The van der Waals surface area contributed by atoms with Crippen molar-refractivity contribution < 1.29 is 9.53 Å². The average molecular weight is 397 g/mol. The van der Waals surface area contributed by atoms with Crippen LogP contribution in [0.1, 0.15) is 35.3 Å². The summed E-state index contributed by atoms with van der Waals surface area (Å²) in [6, 6.07) is 15.8. The van der Waals surface area contributed by atoms with Crippen molar-refractivity contribution in [1.82, 2.24) is 15.5 Å². The van der Waals surface area contributed by atoms with Gasteiger partial charge in [0.15, 0.2) is 5.96 Å². The fraction of sp³-hybridized carbons (Fsp3) is 0.391. The molecule has 0 aromatic heterocycles. The van der Waals surface area contributed by atoms with E-state index in [0.29, 0.717) is 6.54 Å². The van der Waals surface area contributed by atoms with Crippen LogP contribution in [-0.4, -0.2) is 50.6 Å². The van der Waals surface area contributed by atoms with Crippen molar-refractivity contribution in [3.63, 3.8) is 0 Å². The zero-order valence-electron chi connectivity index (χ0n) is 17.9. The molecule has 0 atom stereocenters. The highest BCUT2D eigenvalue weighted by atomic mass is 16.5. The van der Waals surface area contributed by atoms with Crippen molar-refractivity contribution >= 4 is 11.9 Å². The van der Waals surface area contributed by atoms with Crippen molar-refractivity contribution in [3.05, 3.63) is 65.2 Å². The van der Waals surface area contributed by atoms with E-state index in [4.69, 9.17) is 4.74 Å². The van der Waals surface area contributed by atoms with Gasteiger partial charge >= 0.3 is 0 Å². The quantitative estimate of drug-likeness (QED) is 0.505. The van der Waals surface area contributed by atoms with Gasteiger partial charge in [0.25, 0.3) is 5.91 Å². The Morgan fingerprint density at radius 2 is 1.59 bits per heavy atom. The van der Waals surface area contributed by atoms with Gasteiger partial charge in [-0.05, 0) is 55.7 Å². The molecule has 0 aliphatic heterocycles. The van der Waals surface area contributed by atoms with Crippen LogP contribution in [0.4, 0.5) is 0 Å². The van der Waals surface area contributed by atoms with Gasteiger partial charge in [-0.3, -0.25) is 9.79 Å². The molecule has 0 fully saturated rings. The maximum atomic E-state index is 12.4. The number of benzene rings is 2. The van der Waals surface area contributed by atoms with E-state index in [-0.39, 0.29) is 5.91 Å². The molecule has 2 N–H and O–H groups in total. The highest BCUT2D eigenvalue weighted by molar-refractivity contribution is 5.94. The molecule has 0 spiro atoms. The minimum Gasteiger partial charge on any atom is -0.497 e. The maximum absolute atomic E-state index is 12.4. The van der Waals surface area contributed by atoms with Crippen LogP contribution in [0.2, 0.25) is 0 Å². The molecule has 2 aromatic carbocycles. The molecule has 6 nitrogen and oxygen atoms in total. The third-order valence-electron chi connectivity index (χ3n) is 4.80. The topological polar surface area (TPSA) is 66.0 Å². The Labute approximate surface area is 174 Å². The lowest BCUT2D eigenvalue weighted by molar-refractivity contribution is 0.0773. The Bertz CT molecular complexity index is 782. The molecule has 2 aromatic rings. The highest BCUT2D eigenvalue weighted by Gasteiger charge is 2.11. The van der Waals surface area contributed by atoms with Crippen molar-refractivity contribution in [2.45, 2.75) is 26.8 Å². The van der Waals surface area contributed by atoms with Crippen molar-refractivity contribution in [3.8, 4) is 5.75 Å². The molecule has 1 amide bonds. The van der Waals surface area contributed by atoms with Gasteiger partial charge in [-0.25, -0.2) is 0 Å². The summed E-state index contributed by atoms with van der Waals surface area (Å²) in [7, 11) is 3.43. The number of rotatable bonds is 9. The first-order valence-electron chi connectivity index (χ1n) is 10.1. The van der Waals surface area contributed by atoms with E-state index in [2.05, 4.69) is 27.8 Å². The number of ether oxygens (including phenoxy) is 1. The summed E-state index contributed by atoms with van der Waals surface area (Å²) in [5.74, 6) is 1.69. The minimum atomic E-state index is 0.0746. The molecule has 0 radical (unpaired) electrons. The number of carbonyl (C=O) groups is 1. The largest absolute Gasteiger partial charge is 0.497 e. The normalized spacial score (nSPS) is 11.1. The van der Waals surface area contributed by atoms with Gasteiger partial charge in [0.1, 0.15) is 5.75 Å². The lowest BCUT2D eigenvalue weighted by Crippen LogP contribution is -2.37. The monoisotopic (exact) mass is 396 g/mol. The molecule has 156 valence electrons. The second-order valence-corrected chi connectivity index (χ2v) is 6.62. The third kappa shape index (κ3) is 6.82. The van der Waals surface area contributed by atoms with Crippen molar-refractivity contribution in [2.24, 2.45) is 4.99 Å². The average Bonchev–Trinajstić information content (AvgIpc) is 2.77. The van der Waals surface area contributed by atoms with Crippen LogP contribution in [-0.2, 0) is 13.0 Å². The number of hydrogen-bond donors (Lipinski definition) is 2. The molecular formula is C23H32N4O2. The van der Waals surface area contributed by atoms with E-state index in [0.717, 1.165) is 48.9 Å². The molecule has 0 saturated carbocycles. The number of amides is 1. The van der Waals surface area contributed by atoms with E-state index in [9.17, 15) is 4.79 Å². The molecule has 0 bridgehead atoms. The van der Waals surface area contributed by atoms with Crippen LogP contribution in [0, 0.1) is 0 Å². The molecule has 0 heterocycles. The minimum absolute atomic E-state index is 0.0746. The lowest BCUT2D eigenvalue weighted by atomic mass is 10.1. The first kappa shape index (κ1) is 22.3. The number of methoxy groups -OCH3 is 1. The summed E-state index contributed by atoms with van der Waals surface area (Å²) in [4.78, 5) is 18.5. The molecule has 0 aliphatic carbocycles. The van der Waals surface area contributed by atoms with Crippen LogP contribution < -0.4 is 15.4 Å². The zero-order chi connectivity index (χ0) is 21.1. The summed E-state index contributed by atoms with van der Waals surface area (Å²) in [5.41, 5.74) is 3.06. The van der Waals surface area contributed by atoms with Gasteiger partial charge in [-0.1, -0.05) is 24.3 Å². The molecule has 2 rings (SSSR count). The fourth-order valence-corrected chi connectivity index (χ4v) is 2.98. The summed E-state index contributed by atoms with van der Waals surface area (Å²) < 4.78 is 5.18. The van der Waals surface area contributed by atoms with Crippen LogP contribution in [0.15, 0.2) is 53.5 Å². The molecule has 0 saturated heterocycles. The first-order chi connectivity index (χ1) is 14.1. The van der Waals surface area contributed by atoms with Crippen molar-refractivity contribution in [2.75, 3.05) is 33.8 Å². The van der Waals surface area contributed by atoms with E-state index < -0.39 is 0 Å². The van der Waals surface area contributed by atoms with Gasteiger partial charge in [0.05, 0.1) is 7.11 Å². The van der Waals surface area contributed by atoms with Crippen LogP contribution in [0.3, 0.4) is 0 Å². The number of guanidine groups is 1. The van der Waals surface area contributed by atoms with Gasteiger partial charge in [-0.15, -0.1) is 0 Å². The molecule has 0 aliphatic rings. The third-order valence-corrected chi connectivity index (χ3v) is 4.80. The summed E-state index contributed by atoms with van der Waals surface area (Å²) >= 11 is 0. The fourth-order valence-electron chi connectivity index (χ4n) is 2.98. The second-order valence-electron chi connectivity index (χ2n) is 6.62. The number of nitrogens with one attached hydrogen (secondary N) is 2. The van der Waals surface area contributed by atoms with Crippen molar-refractivity contribution in [1.29, 1.82) is 0 Å². The predicted octanol–water partition coefficient (Wildman–Crippen LogP) is 3.08. The summed E-state index contributed by atoms with van der Waals surface area (Å²) in [5, 5.41) is 6.63. The number of nitrogens with zero attached hydrogens (tertiary/aromatic N) is 2. The molecule has 0 unspecified atom stereocenters. The number of carbonyl (C=O) groups excluding carboxylic acids is 1. The summed E-state index contributed by atoms with van der Waals surface area (Å²) in [6.45, 7) is 6.85. The van der Waals surface area contributed by atoms with E-state index in [1.807, 2.05) is 55.1 Å². The lowest BCUT2D eigenvalue weighted by Gasteiger charge is -2.18. The summed E-state index contributed by atoms with van der Waals surface area (Å²) in [6.07, 6.45) is 0.896. The van der Waals surface area contributed by atoms with Gasteiger partial charge in [0.2, 0.25) is 0 Å². The Morgan fingerprint density at radius 3 is 2.14 bits per heavy atom. The Kier molecular flexibility index (Phi) is 9.02. The second kappa shape index (κ2) is 11.7. The van der Waals surface area contributed by atoms with Gasteiger partial charge in [0, 0.05) is 38.8 Å². The van der Waals surface area contributed by atoms with E-state index in [1.54, 1.807) is 14.2 Å². The van der Waals surface area contributed by atoms with Gasteiger partial charge in [-0.2, -0.15) is 0 Å². The standard InChI is InChI=1S/C23H32N4O2/c1-5-27(6-2)22(28)20-11-7-19(8-12-20)17-26-23(24-3)25-16-15-18-9-13-21(29-4)14-10-18/h7-14H,5-6,15-17H2,1-4H3,(H2,24,25,26). The van der Waals surface area contributed by atoms with Crippen LogP contribution >= 0.6 is 0 Å². The Balaban J connectivity index is 1.80. The first-order valence-corrected chi connectivity index (χ1v) is 10.1. The van der Waals surface area contributed by atoms with Crippen LogP contribution in [0.25, 0.3) is 0 Å². The van der Waals surface area contributed by atoms with Gasteiger partial charge < -0.3 is 20.3 Å². The number of aliphatic imine (C=N–C) groups is 1. The van der Waals surface area contributed by atoms with E-state index in [1.165, 1.54) is 5.56 Å². The van der Waals surface area contributed by atoms with E-state index >= 15 is 0 Å². The molecular weight excluding hydrogens is 364 g/mol. The molecule has 29 heavy (non-hydrogen) atoms. The Morgan fingerprint density at radius 1 is 0.966 bits per heavy atom.